The summed E-state index contributed by atoms with van der Waals surface area (Å²) in [6.45, 7) is 4.52. The number of hydrogen-bond donors (Lipinski definition) is 1. The predicted molar refractivity (Wildman–Crippen MR) is 219 cm³/mol. The zero-order valence-electron chi connectivity index (χ0n) is 29.4. The molecule has 7 aromatic rings. The summed E-state index contributed by atoms with van der Waals surface area (Å²) in [5.41, 5.74) is 8.04. The van der Waals surface area contributed by atoms with E-state index >= 15 is 0 Å². The van der Waals surface area contributed by atoms with Gasteiger partial charge in [-0.1, -0.05) is 123 Å². The minimum absolute atomic E-state index is 0.00252. The molecule has 53 heavy (non-hydrogen) atoms. The van der Waals surface area contributed by atoms with Crippen molar-refractivity contribution in [3.8, 4) is 28.0 Å². The highest BCUT2D eigenvalue weighted by atomic mass is 32.1. The van der Waals surface area contributed by atoms with E-state index in [9.17, 15) is 0 Å². The number of allylic oxidation sites excluding steroid dienone is 2. The minimum Gasteiger partial charge on any atom is -0.460 e. The van der Waals surface area contributed by atoms with E-state index in [-0.39, 0.29) is 5.92 Å². The topological polar surface area (TPSA) is 46.0 Å². The van der Waals surface area contributed by atoms with Gasteiger partial charge in [-0.15, -0.1) is 11.3 Å². The van der Waals surface area contributed by atoms with Crippen LogP contribution in [-0.2, 0) is 5.41 Å². The molecule has 0 amide bonds. The van der Waals surface area contributed by atoms with E-state index in [0.717, 1.165) is 45.4 Å². The van der Waals surface area contributed by atoms with Crippen LogP contribution in [0.3, 0.4) is 0 Å². The van der Waals surface area contributed by atoms with Crippen LogP contribution >= 0.6 is 11.3 Å². The molecule has 2 aliphatic carbocycles. The maximum absolute atomic E-state index is 6.74. The standard InChI is InChI=1S/C48H35N3OS/c1-29(2)35-16-6-7-17-36(35)33-15-10-14-31(26-33)32-22-24-40-39(28-32)47-43(20-11-21-44(47)52-40)48(47)50-45(30-12-4-3-5-13-30)49-46(51-48)34-23-25-42-38(27-34)37-18-8-9-19-41(37)53-42/h3-29,43H,1-2H3,(H,49,50,51). The molecule has 2 spiro atoms. The predicted octanol–water partition coefficient (Wildman–Crippen LogP) is 11.4. The van der Waals surface area contributed by atoms with Crippen LogP contribution in [0.1, 0.15) is 42.0 Å². The number of nitrogens with one attached hydrogen (secondary N) is 1. The highest BCUT2D eigenvalue weighted by Crippen LogP contribution is 2.76. The number of nitrogens with zero attached hydrogens (tertiary/aromatic N) is 2. The van der Waals surface area contributed by atoms with Crippen molar-refractivity contribution in [3.05, 3.63) is 186 Å². The number of hydrogen-bond acceptors (Lipinski definition) is 5. The van der Waals surface area contributed by atoms with Crippen LogP contribution in [0, 0.1) is 5.92 Å². The Morgan fingerprint density at radius 3 is 2.25 bits per heavy atom. The second-order valence-corrected chi connectivity index (χ2v) is 15.9. The van der Waals surface area contributed by atoms with Crippen LogP contribution in [0.15, 0.2) is 173 Å². The minimum atomic E-state index is -0.814. The summed E-state index contributed by atoms with van der Waals surface area (Å²) < 4.78 is 9.30. The largest absolute Gasteiger partial charge is 0.460 e. The van der Waals surface area contributed by atoms with Gasteiger partial charge in [-0.25, -0.2) is 9.98 Å². The van der Waals surface area contributed by atoms with Gasteiger partial charge in [0.2, 0.25) is 0 Å². The van der Waals surface area contributed by atoms with Gasteiger partial charge < -0.3 is 10.1 Å². The molecule has 3 unspecified atom stereocenters. The number of amidine groups is 2. The van der Waals surface area contributed by atoms with Crippen molar-refractivity contribution < 1.29 is 4.74 Å². The third kappa shape index (κ3) is 4.35. The molecule has 1 fully saturated rings. The lowest BCUT2D eigenvalue weighted by molar-refractivity contribution is 0.404. The van der Waals surface area contributed by atoms with Gasteiger partial charge in [0.15, 0.2) is 5.66 Å². The average molecular weight is 702 g/mol. The van der Waals surface area contributed by atoms with Crippen molar-refractivity contribution in [1.82, 2.24) is 5.32 Å². The molecule has 5 heteroatoms. The molecule has 1 aromatic heterocycles. The lowest BCUT2D eigenvalue weighted by Crippen LogP contribution is -2.40. The summed E-state index contributed by atoms with van der Waals surface area (Å²) in [4.78, 5) is 11.2. The summed E-state index contributed by atoms with van der Waals surface area (Å²) in [6, 6.07) is 50.1. The number of thiophene rings is 1. The molecule has 3 atom stereocenters. The summed E-state index contributed by atoms with van der Waals surface area (Å²) in [5.74, 6) is 3.87. The summed E-state index contributed by atoms with van der Waals surface area (Å²) in [5, 5.41) is 6.20. The number of aliphatic imine (C=N–C) groups is 2. The van der Waals surface area contributed by atoms with Crippen LogP contribution < -0.4 is 10.1 Å². The first-order valence-corrected chi connectivity index (χ1v) is 19.2. The first kappa shape index (κ1) is 30.6. The van der Waals surface area contributed by atoms with Gasteiger partial charge in [0, 0.05) is 42.8 Å². The first-order valence-electron chi connectivity index (χ1n) is 18.4. The molecule has 2 aliphatic heterocycles. The molecule has 4 nitrogen and oxygen atoms in total. The third-order valence-corrected chi connectivity index (χ3v) is 12.7. The second-order valence-electron chi connectivity index (χ2n) is 14.8. The van der Waals surface area contributed by atoms with Crippen molar-refractivity contribution in [2.24, 2.45) is 15.9 Å². The van der Waals surface area contributed by atoms with Gasteiger partial charge in [0.05, 0.1) is 0 Å². The Morgan fingerprint density at radius 2 is 1.36 bits per heavy atom. The smallest absolute Gasteiger partial charge is 0.179 e. The first-order chi connectivity index (χ1) is 26.0. The number of benzene rings is 6. The van der Waals surface area contributed by atoms with Crippen LogP contribution in [-0.4, -0.2) is 17.3 Å². The summed E-state index contributed by atoms with van der Waals surface area (Å²) >= 11 is 1.83. The van der Waals surface area contributed by atoms with Gasteiger partial charge >= 0.3 is 0 Å². The third-order valence-electron chi connectivity index (χ3n) is 11.5. The van der Waals surface area contributed by atoms with Gasteiger partial charge in [-0.05, 0) is 82.3 Å². The van der Waals surface area contributed by atoms with E-state index in [1.807, 2.05) is 17.4 Å². The fourth-order valence-corrected chi connectivity index (χ4v) is 10.1. The Kier molecular flexibility index (Phi) is 6.48. The molecule has 254 valence electrons. The van der Waals surface area contributed by atoms with E-state index in [4.69, 9.17) is 14.7 Å². The van der Waals surface area contributed by atoms with E-state index in [0.29, 0.717) is 5.92 Å². The monoisotopic (exact) mass is 701 g/mol. The molecule has 0 radical (unpaired) electrons. The number of ether oxygens (including phenoxy) is 1. The van der Waals surface area contributed by atoms with E-state index < -0.39 is 11.1 Å². The lowest BCUT2D eigenvalue weighted by atomic mass is 9.86. The molecule has 0 bridgehead atoms. The van der Waals surface area contributed by atoms with Crippen LogP contribution in [0.25, 0.3) is 42.4 Å². The van der Waals surface area contributed by atoms with E-state index in [2.05, 4.69) is 171 Å². The molecular weight excluding hydrogens is 667 g/mol. The summed E-state index contributed by atoms with van der Waals surface area (Å²) in [7, 11) is 0. The van der Waals surface area contributed by atoms with E-state index in [1.54, 1.807) is 0 Å². The van der Waals surface area contributed by atoms with Crippen LogP contribution in [0.5, 0.6) is 5.75 Å². The Balaban J connectivity index is 1.07. The van der Waals surface area contributed by atoms with Gasteiger partial charge in [0.25, 0.3) is 0 Å². The number of fused-ring (bicyclic) bond motifs is 5. The normalized spacial score (nSPS) is 22.1. The second kappa shape index (κ2) is 11.2. The maximum Gasteiger partial charge on any atom is 0.179 e. The van der Waals surface area contributed by atoms with Crippen molar-refractivity contribution in [2.75, 3.05) is 0 Å². The number of rotatable bonds is 5. The van der Waals surface area contributed by atoms with Gasteiger partial charge in [-0.2, -0.15) is 0 Å². The fourth-order valence-electron chi connectivity index (χ4n) is 9.03. The van der Waals surface area contributed by atoms with Crippen LogP contribution in [0.2, 0.25) is 0 Å². The molecule has 11 rings (SSSR count). The molecule has 4 aliphatic rings. The summed E-state index contributed by atoms with van der Waals surface area (Å²) in [6.07, 6.45) is 6.52. The van der Waals surface area contributed by atoms with Crippen LogP contribution in [0.4, 0.5) is 0 Å². The van der Waals surface area contributed by atoms with Gasteiger partial charge in [-0.3, -0.25) is 0 Å². The molecule has 0 saturated heterocycles. The van der Waals surface area contributed by atoms with Crippen molar-refractivity contribution in [3.63, 3.8) is 0 Å². The van der Waals surface area contributed by atoms with E-state index in [1.165, 1.54) is 42.4 Å². The van der Waals surface area contributed by atoms with Gasteiger partial charge in [0.1, 0.15) is 28.6 Å². The Labute approximate surface area is 312 Å². The van der Waals surface area contributed by atoms with Crippen molar-refractivity contribution in [1.29, 1.82) is 0 Å². The Hall–Kier alpha value is -6.04. The quantitative estimate of drug-likeness (QED) is 0.194. The highest BCUT2D eigenvalue weighted by Gasteiger charge is 2.84. The van der Waals surface area contributed by atoms with Crippen molar-refractivity contribution >= 4 is 43.2 Å². The highest BCUT2D eigenvalue weighted by molar-refractivity contribution is 7.25. The Bertz CT molecular complexity index is 2790. The molecule has 6 aromatic carbocycles. The molecule has 1 N–H and O–H groups in total. The fraction of sp³-hybridized carbons (Fsp3) is 0.125. The Morgan fingerprint density at radius 1 is 0.642 bits per heavy atom. The zero-order chi connectivity index (χ0) is 35.3. The average Bonchev–Trinajstić information content (AvgIpc) is 3.44. The lowest BCUT2D eigenvalue weighted by Gasteiger charge is -2.25. The zero-order valence-corrected chi connectivity index (χ0v) is 30.2. The molecule has 1 saturated carbocycles. The maximum atomic E-state index is 6.74. The SMILES string of the molecule is CC(C)c1ccccc1-c1cccc(-c2ccc3c(c2)C24C(=CC=CC2C42N=C(c4ccccc4)NC(c4ccc5sc6ccccc6c5c4)=N2)O3)c1. The molecule has 3 heterocycles. The molecular formula is C48H35N3OS. The van der Waals surface area contributed by atoms with Crippen molar-refractivity contribution in [2.45, 2.75) is 30.8 Å².